The molecule has 1 aliphatic carbocycles. The summed E-state index contributed by atoms with van der Waals surface area (Å²) in [6, 6.07) is 9.38. The van der Waals surface area contributed by atoms with Crippen LogP contribution in [0.2, 0.25) is 0 Å². The van der Waals surface area contributed by atoms with Gasteiger partial charge in [-0.1, -0.05) is 61.1 Å². The predicted molar refractivity (Wildman–Crippen MR) is 155 cm³/mol. The number of aliphatic hydroxyl groups is 3. The van der Waals surface area contributed by atoms with Gasteiger partial charge in [0.05, 0.1) is 31.0 Å². The highest BCUT2D eigenvalue weighted by Gasteiger charge is 2.39. The number of Topliss-reactive ketones (excluding diaryl/α,β-unsaturated/α-hetero) is 1. The summed E-state index contributed by atoms with van der Waals surface area (Å²) in [7, 11) is 0. The summed E-state index contributed by atoms with van der Waals surface area (Å²) < 4.78 is 0. The number of amides is 1. The molecular weight excluding hydrogens is 528 g/mol. The van der Waals surface area contributed by atoms with Crippen LogP contribution in [0.3, 0.4) is 0 Å². The predicted octanol–water partition coefficient (Wildman–Crippen LogP) is 3.85. The quantitative estimate of drug-likeness (QED) is 0.0791. The Labute approximate surface area is 242 Å². The lowest BCUT2D eigenvalue weighted by Crippen LogP contribution is -2.38. The monoisotopic (exact) mass is 574 g/mol. The highest BCUT2D eigenvalue weighted by molar-refractivity contribution is 5.88. The van der Waals surface area contributed by atoms with Gasteiger partial charge in [0, 0.05) is 25.2 Å². The van der Waals surface area contributed by atoms with E-state index in [1.807, 2.05) is 48.6 Å². The average molecular weight is 575 g/mol. The molecule has 0 aromatic heterocycles. The Hall–Kier alpha value is -3.08. The number of aliphatic hydroxyl groups excluding tert-OH is 3. The second-order valence-electron chi connectivity index (χ2n) is 10.8. The lowest BCUT2D eigenvalue weighted by atomic mass is 9.89. The van der Waals surface area contributed by atoms with Crippen molar-refractivity contribution in [3.63, 3.8) is 0 Å². The van der Waals surface area contributed by atoms with Gasteiger partial charge in [0.1, 0.15) is 0 Å². The fourth-order valence-corrected chi connectivity index (χ4v) is 5.10. The Morgan fingerprint density at radius 1 is 1.10 bits per heavy atom. The number of carbonyl (C=O) groups excluding carboxylic acids is 2. The summed E-state index contributed by atoms with van der Waals surface area (Å²) in [5, 5.41) is 43.3. The summed E-state index contributed by atoms with van der Waals surface area (Å²) in [6.07, 6.45) is 11.5. The van der Waals surface area contributed by atoms with E-state index in [4.69, 9.17) is 0 Å². The molecule has 2 rings (SSSR count). The molecule has 10 nitrogen and oxygen atoms in total. The van der Waals surface area contributed by atoms with E-state index in [0.717, 1.165) is 12.0 Å². The first kappa shape index (κ1) is 34.1. The van der Waals surface area contributed by atoms with Crippen LogP contribution in [0, 0.1) is 22.0 Å². The van der Waals surface area contributed by atoms with Crippen molar-refractivity contribution in [3.05, 3.63) is 70.3 Å². The van der Waals surface area contributed by atoms with Crippen LogP contribution in [-0.4, -0.2) is 63.1 Å². The number of ketones is 1. The molecule has 0 spiro atoms. The molecule has 41 heavy (non-hydrogen) atoms. The van der Waals surface area contributed by atoms with Crippen LogP contribution in [0.4, 0.5) is 0 Å². The lowest BCUT2D eigenvalue weighted by molar-refractivity contribution is -0.757. The van der Waals surface area contributed by atoms with Crippen molar-refractivity contribution < 1.29 is 34.8 Å². The van der Waals surface area contributed by atoms with Crippen LogP contribution in [0.15, 0.2) is 54.6 Å². The zero-order valence-corrected chi connectivity index (χ0v) is 24.0. The number of hydrogen-bond donors (Lipinski definition) is 4. The first-order valence-electron chi connectivity index (χ1n) is 14.7. The molecule has 1 aromatic rings. The van der Waals surface area contributed by atoms with Crippen LogP contribution in [-0.2, 0) is 20.8 Å². The van der Waals surface area contributed by atoms with Gasteiger partial charge in [-0.05, 0) is 63.4 Å². The number of carbonyl (C=O) groups is 2. The molecular formula is C31H46N2O8. The Morgan fingerprint density at radius 2 is 1.85 bits per heavy atom. The van der Waals surface area contributed by atoms with Gasteiger partial charge in [-0.2, -0.15) is 0 Å². The molecule has 1 aromatic carbocycles. The first-order chi connectivity index (χ1) is 19.7. The molecule has 0 radical (unpaired) electrons. The minimum absolute atomic E-state index is 0.0124. The van der Waals surface area contributed by atoms with Crippen LogP contribution in [0.5, 0.6) is 0 Å². The summed E-state index contributed by atoms with van der Waals surface area (Å²) in [5.74, 6) is -0.639. The Kier molecular flexibility index (Phi) is 15.9. The molecule has 0 heterocycles. The average Bonchev–Trinajstić information content (AvgIpc) is 3.21. The maximum Gasteiger partial charge on any atom is 0.294 e. The van der Waals surface area contributed by atoms with Crippen LogP contribution >= 0.6 is 0 Å². The minimum atomic E-state index is -0.836. The third-order valence-electron chi connectivity index (χ3n) is 7.52. The van der Waals surface area contributed by atoms with Gasteiger partial charge in [0.25, 0.3) is 5.09 Å². The van der Waals surface area contributed by atoms with Crippen molar-refractivity contribution in [2.75, 3.05) is 6.61 Å². The maximum absolute atomic E-state index is 12.4. The molecule has 1 unspecified atom stereocenters. The topological polar surface area (TPSA) is 159 Å². The molecule has 0 aliphatic heterocycles. The molecule has 228 valence electrons. The number of allylic oxidation sites excluding steroid dienone is 2. The molecule has 1 saturated carbocycles. The van der Waals surface area contributed by atoms with E-state index in [1.54, 1.807) is 13.0 Å². The Bertz CT molecular complexity index is 984. The van der Waals surface area contributed by atoms with Crippen LogP contribution in [0.1, 0.15) is 76.7 Å². The summed E-state index contributed by atoms with van der Waals surface area (Å²) in [6.45, 7) is 1.68. The Morgan fingerprint density at radius 3 is 2.59 bits per heavy atom. The van der Waals surface area contributed by atoms with Crippen molar-refractivity contribution in [1.29, 1.82) is 0 Å². The smallest absolute Gasteiger partial charge is 0.294 e. The molecule has 1 amide bonds. The van der Waals surface area contributed by atoms with Crippen molar-refractivity contribution in [2.24, 2.45) is 11.8 Å². The first-order valence-corrected chi connectivity index (χ1v) is 14.7. The highest BCUT2D eigenvalue weighted by Crippen LogP contribution is 2.36. The highest BCUT2D eigenvalue weighted by atomic mass is 16.9. The number of nitrogens with one attached hydrogen (secondary N) is 1. The van der Waals surface area contributed by atoms with E-state index >= 15 is 0 Å². The van der Waals surface area contributed by atoms with Crippen molar-refractivity contribution >= 4 is 11.7 Å². The van der Waals surface area contributed by atoms with Crippen molar-refractivity contribution in [1.82, 2.24) is 5.32 Å². The van der Waals surface area contributed by atoms with Gasteiger partial charge in [-0.25, -0.2) is 0 Å². The van der Waals surface area contributed by atoms with E-state index in [-0.39, 0.29) is 36.6 Å². The fourth-order valence-electron chi connectivity index (χ4n) is 5.10. The van der Waals surface area contributed by atoms with E-state index in [0.29, 0.717) is 57.8 Å². The number of unbranched alkanes of at least 4 members (excludes halogenated alkanes) is 3. The van der Waals surface area contributed by atoms with E-state index in [9.17, 15) is 35.0 Å². The zero-order chi connectivity index (χ0) is 30.0. The maximum atomic E-state index is 12.4. The van der Waals surface area contributed by atoms with Gasteiger partial charge in [-0.15, -0.1) is 10.1 Å². The second-order valence-corrected chi connectivity index (χ2v) is 10.8. The molecule has 0 saturated heterocycles. The third kappa shape index (κ3) is 13.9. The third-order valence-corrected chi connectivity index (χ3v) is 7.52. The second kappa shape index (κ2) is 19.1. The summed E-state index contributed by atoms with van der Waals surface area (Å²) >= 11 is 0. The van der Waals surface area contributed by atoms with E-state index in [2.05, 4.69) is 10.2 Å². The van der Waals surface area contributed by atoms with Crippen LogP contribution in [0.25, 0.3) is 0 Å². The molecule has 1 fully saturated rings. The molecule has 10 heteroatoms. The largest absolute Gasteiger partial charge is 0.393 e. The number of aryl methyl sites for hydroxylation is 1. The molecule has 4 N–H and O–H groups in total. The molecule has 6 atom stereocenters. The normalized spacial score (nSPS) is 22.1. The van der Waals surface area contributed by atoms with Crippen molar-refractivity contribution in [2.45, 2.75) is 102 Å². The number of rotatable bonds is 20. The van der Waals surface area contributed by atoms with Crippen LogP contribution < -0.4 is 5.32 Å². The minimum Gasteiger partial charge on any atom is -0.393 e. The van der Waals surface area contributed by atoms with Gasteiger partial charge in [0.15, 0.2) is 5.78 Å². The van der Waals surface area contributed by atoms with Crippen molar-refractivity contribution in [3.8, 4) is 0 Å². The fraction of sp³-hybridized carbons (Fsp3) is 0.613. The summed E-state index contributed by atoms with van der Waals surface area (Å²) in [5.41, 5.74) is 1.16. The molecule has 0 bridgehead atoms. The standard InChI is InChI=1S/C31H46N2O8/c1-23(32-31(38)16-10-5-11-21-41-33(39)40)28(35)15-9-3-2-8-14-26-27(30(37)22-29(26)36)20-19-25(34)18-17-24-12-6-4-7-13-24/h2,4,6-8,12-13,19-20,23,25-27,29-30,34,36-37H,3,5,9-11,14-18,21-22H2,1H3,(H,32,38)/b8-2-,20-19+/t23?,25-,26+,27+,29-,30+/m0/s1. The van der Waals surface area contributed by atoms with Gasteiger partial charge >= 0.3 is 0 Å². The SMILES string of the molecule is CC(NC(=O)CCCCCO[N+](=O)[O-])C(=O)CCC/C=C\C[C@@H]1[C@@H](/C=C/[C@@H](O)CCc2ccccc2)[C@H](O)C[C@@H]1O. The van der Waals surface area contributed by atoms with Gasteiger partial charge in [-0.3, -0.25) is 9.59 Å². The number of benzene rings is 1. The number of hydrogen-bond acceptors (Lipinski definition) is 8. The zero-order valence-electron chi connectivity index (χ0n) is 24.0. The molecule has 1 aliphatic rings. The van der Waals surface area contributed by atoms with E-state index < -0.39 is 29.4 Å². The summed E-state index contributed by atoms with van der Waals surface area (Å²) in [4.78, 5) is 38.7. The van der Waals surface area contributed by atoms with E-state index in [1.165, 1.54) is 0 Å². The van der Waals surface area contributed by atoms with Gasteiger partial charge < -0.3 is 25.5 Å². The Balaban J connectivity index is 1.64. The van der Waals surface area contributed by atoms with Gasteiger partial charge in [0.2, 0.25) is 5.91 Å². The number of nitrogens with zero attached hydrogens (tertiary/aromatic N) is 1. The lowest BCUT2D eigenvalue weighted by Gasteiger charge is -2.19.